The van der Waals surface area contributed by atoms with Crippen molar-refractivity contribution in [2.45, 2.75) is 65.0 Å². The van der Waals surface area contributed by atoms with Crippen molar-refractivity contribution >= 4 is 11.0 Å². The van der Waals surface area contributed by atoms with Gasteiger partial charge in [0, 0.05) is 55.4 Å². The summed E-state index contributed by atoms with van der Waals surface area (Å²) in [5, 5.41) is 11.9. The fourth-order valence-corrected chi connectivity index (χ4v) is 5.81. The Kier molecular flexibility index (Phi) is 7.54. The number of hydrogen-bond donors (Lipinski definition) is 1. The molecule has 0 saturated carbocycles. The predicted molar refractivity (Wildman–Crippen MR) is 127 cm³/mol. The van der Waals surface area contributed by atoms with Gasteiger partial charge in [-0.3, -0.25) is 4.90 Å². The highest BCUT2D eigenvalue weighted by Gasteiger charge is 2.34. The molecule has 2 aromatic rings. The number of methoxy groups -OCH3 is 1. The Labute approximate surface area is 191 Å². The van der Waals surface area contributed by atoms with Gasteiger partial charge in [-0.25, -0.2) is 4.79 Å². The fourth-order valence-electron chi connectivity index (χ4n) is 5.81. The average molecular weight is 443 g/mol. The van der Waals surface area contributed by atoms with Gasteiger partial charge in [-0.15, -0.1) is 0 Å². The van der Waals surface area contributed by atoms with Crippen molar-refractivity contribution in [3.63, 3.8) is 0 Å². The van der Waals surface area contributed by atoms with Gasteiger partial charge in [-0.1, -0.05) is 13.3 Å². The molecular formula is C26H38N2O4. The summed E-state index contributed by atoms with van der Waals surface area (Å²) in [4.78, 5) is 17.1. The van der Waals surface area contributed by atoms with E-state index in [1.807, 2.05) is 19.9 Å². The summed E-state index contributed by atoms with van der Waals surface area (Å²) in [5.41, 5.74) is 2.65. The molecule has 4 rings (SSSR count). The van der Waals surface area contributed by atoms with Gasteiger partial charge in [0.05, 0.1) is 6.61 Å². The lowest BCUT2D eigenvalue weighted by molar-refractivity contribution is 0.0335. The second kappa shape index (κ2) is 10.4. The van der Waals surface area contributed by atoms with Crippen LogP contribution in [0.4, 0.5) is 0 Å². The van der Waals surface area contributed by atoms with Crippen LogP contribution in [0.25, 0.3) is 11.0 Å². The molecule has 0 radical (unpaired) electrons. The summed E-state index contributed by atoms with van der Waals surface area (Å²) in [6.07, 6.45) is 7.28. The quantitative estimate of drug-likeness (QED) is 0.622. The maximum atomic E-state index is 12.0. The Bertz CT molecular complexity index is 984. The van der Waals surface area contributed by atoms with Crippen molar-refractivity contribution in [3.05, 3.63) is 39.2 Å². The van der Waals surface area contributed by atoms with Crippen molar-refractivity contribution in [1.82, 2.24) is 9.80 Å². The molecule has 0 aliphatic carbocycles. The molecule has 2 atom stereocenters. The number of aryl methyl sites for hydroxylation is 2. The molecule has 2 aliphatic rings. The first-order valence-electron chi connectivity index (χ1n) is 12.2. The van der Waals surface area contributed by atoms with Gasteiger partial charge in [0.25, 0.3) is 0 Å². The van der Waals surface area contributed by atoms with Crippen molar-refractivity contribution < 1.29 is 14.3 Å². The van der Waals surface area contributed by atoms with Crippen molar-refractivity contribution in [2.75, 3.05) is 39.9 Å². The third-order valence-corrected chi connectivity index (χ3v) is 7.51. The molecule has 2 aliphatic heterocycles. The molecule has 0 amide bonds. The van der Waals surface area contributed by atoms with Crippen molar-refractivity contribution in [1.29, 1.82) is 0 Å². The second-order valence-corrected chi connectivity index (χ2v) is 9.56. The molecule has 3 heterocycles. The van der Waals surface area contributed by atoms with E-state index in [4.69, 9.17) is 9.15 Å². The number of fused-ring (bicyclic) bond motifs is 2. The number of nitrogens with zero attached hydrogens (tertiary/aromatic N) is 2. The summed E-state index contributed by atoms with van der Waals surface area (Å²) in [6.45, 7) is 9.56. The molecule has 0 bridgehead atoms. The van der Waals surface area contributed by atoms with Crippen LogP contribution in [0.2, 0.25) is 0 Å². The first-order valence-corrected chi connectivity index (χ1v) is 12.2. The summed E-state index contributed by atoms with van der Waals surface area (Å²) in [5.74, 6) is 0.896. The summed E-state index contributed by atoms with van der Waals surface area (Å²) in [6, 6.07) is 4.29. The van der Waals surface area contributed by atoms with Crippen LogP contribution < -0.4 is 5.63 Å². The van der Waals surface area contributed by atoms with Crippen LogP contribution in [-0.4, -0.2) is 60.8 Å². The Hall–Kier alpha value is -1.89. The molecule has 2 saturated heterocycles. The number of aromatic hydroxyl groups is 1. The Balaban J connectivity index is 1.61. The number of hydrogen-bond acceptors (Lipinski definition) is 6. The van der Waals surface area contributed by atoms with Crippen LogP contribution in [0.3, 0.4) is 0 Å². The monoisotopic (exact) mass is 442 g/mol. The molecule has 2 fully saturated rings. The topological polar surface area (TPSA) is 66.1 Å². The second-order valence-electron chi connectivity index (χ2n) is 9.56. The lowest BCUT2D eigenvalue weighted by Crippen LogP contribution is -2.51. The molecule has 6 heteroatoms. The minimum atomic E-state index is -0.361. The number of phenolic OH excluding ortho intramolecular Hbond substituents is 1. The molecule has 1 aromatic heterocycles. The molecule has 0 spiro atoms. The summed E-state index contributed by atoms with van der Waals surface area (Å²) in [7, 11) is 1.74. The predicted octanol–water partition coefficient (Wildman–Crippen LogP) is 4.08. The molecule has 0 unspecified atom stereocenters. The third-order valence-electron chi connectivity index (χ3n) is 7.51. The lowest BCUT2D eigenvalue weighted by atomic mass is 9.83. The van der Waals surface area contributed by atoms with E-state index in [0.29, 0.717) is 36.3 Å². The van der Waals surface area contributed by atoms with Crippen molar-refractivity contribution in [3.8, 4) is 5.75 Å². The van der Waals surface area contributed by atoms with E-state index in [0.717, 1.165) is 36.0 Å². The summed E-state index contributed by atoms with van der Waals surface area (Å²) < 4.78 is 10.9. The highest BCUT2D eigenvalue weighted by molar-refractivity contribution is 5.86. The number of ether oxygens (including phenoxy) is 1. The zero-order chi connectivity index (χ0) is 22.7. The average Bonchev–Trinajstić information content (AvgIpc) is 2.81. The minimum Gasteiger partial charge on any atom is -0.507 e. The van der Waals surface area contributed by atoms with E-state index >= 15 is 0 Å². The minimum absolute atomic E-state index is 0.235. The van der Waals surface area contributed by atoms with Gasteiger partial charge in [-0.05, 0) is 69.7 Å². The van der Waals surface area contributed by atoms with E-state index in [9.17, 15) is 9.90 Å². The van der Waals surface area contributed by atoms with Gasteiger partial charge in [0.1, 0.15) is 11.3 Å². The van der Waals surface area contributed by atoms with Crippen LogP contribution in [-0.2, 0) is 17.7 Å². The molecular weight excluding hydrogens is 404 g/mol. The normalized spacial score (nSPS) is 21.9. The zero-order valence-electron chi connectivity index (χ0n) is 19.9. The zero-order valence-corrected chi connectivity index (χ0v) is 19.9. The van der Waals surface area contributed by atoms with E-state index in [1.54, 1.807) is 13.2 Å². The maximum Gasteiger partial charge on any atom is 0.336 e. The van der Waals surface area contributed by atoms with Gasteiger partial charge in [0.2, 0.25) is 0 Å². The van der Waals surface area contributed by atoms with Gasteiger partial charge >= 0.3 is 5.63 Å². The highest BCUT2D eigenvalue weighted by atomic mass is 16.5. The van der Waals surface area contributed by atoms with Crippen LogP contribution in [0, 0.1) is 12.8 Å². The Morgan fingerprint density at radius 3 is 2.78 bits per heavy atom. The van der Waals surface area contributed by atoms with Crippen LogP contribution in [0.5, 0.6) is 5.75 Å². The van der Waals surface area contributed by atoms with Gasteiger partial charge in [0.15, 0.2) is 0 Å². The molecule has 176 valence electrons. The Morgan fingerprint density at radius 2 is 2.00 bits per heavy atom. The van der Waals surface area contributed by atoms with E-state index in [1.165, 1.54) is 45.2 Å². The number of piperidine rings is 2. The van der Waals surface area contributed by atoms with Gasteiger partial charge in [-0.2, -0.15) is 0 Å². The first kappa shape index (κ1) is 23.3. The van der Waals surface area contributed by atoms with E-state index < -0.39 is 0 Å². The largest absolute Gasteiger partial charge is 0.507 e. The molecule has 1 aromatic carbocycles. The molecule has 32 heavy (non-hydrogen) atoms. The van der Waals surface area contributed by atoms with Gasteiger partial charge < -0.3 is 19.2 Å². The standard InChI is InChI=1S/C26H38N2O4/c1-4-19-15-24(29)32-26-18(2)25(30)21(14-22(19)26)17-27(12-13-31-3)16-20-8-7-11-28-10-6-5-9-23(20)28/h14-15,20,23,30H,4-13,16-17H2,1-3H3/t20-,23+/m0/s1. The smallest absolute Gasteiger partial charge is 0.336 e. The SMILES string of the molecule is CCc1cc(=O)oc2c(C)c(O)c(CN(CCOC)C[C@@H]3CCCN4CCCC[C@H]34)cc12. The van der Waals surface area contributed by atoms with E-state index in [2.05, 4.69) is 9.80 Å². The van der Waals surface area contributed by atoms with Crippen LogP contribution in [0.15, 0.2) is 21.3 Å². The molecule has 1 N–H and O–H groups in total. The van der Waals surface area contributed by atoms with Crippen molar-refractivity contribution in [2.24, 2.45) is 5.92 Å². The number of benzene rings is 1. The third kappa shape index (κ3) is 4.87. The maximum absolute atomic E-state index is 12.0. The van der Waals surface area contributed by atoms with Crippen LogP contribution >= 0.6 is 0 Å². The highest BCUT2D eigenvalue weighted by Crippen LogP contribution is 2.34. The number of rotatable bonds is 8. The number of phenols is 1. The lowest BCUT2D eigenvalue weighted by Gasteiger charge is -2.45. The van der Waals surface area contributed by atoms with E-state index in [-0.39, 0.29) is 11.4 Å². The van der Waals surface area contributed by atoms with Crippen LogP contribution in [0.1, 0.15) is 55.7 Å². The fraction of sp³-hybridized carbons (Fsp3) is 0.654. The first-order chi connectivity index (χ1) is 15.5. The molecule has 6 nitrogen and oxygen atoms in total. The Morgan fingerprint density at radius 1 is 1.19 bits per heavy atom. The summed E-state index contributed by atoms with van der Waals surface area (Å²) >= 11 is 0.